The standard InChI is InChI=1S/C10H13F2NO/c1-6(2)5-14-10-4-7(11)9(13)3-8(10)12/h3-4,6H,5,13H2,1-2H3. The van der Waals surface area contributed by atoms with E-state index < -0.39 is 11.6 Å². The fraction of sp³-hybridized carbons (Fsp3) is 0.400. The summed E-state index contributed by atoms with van der Waals surface area (Å²) in [6, 6.07) is 1.89. The van der Waals surface area contributed by atoms with Gasteiger partial charge >= 0.3 is 0 Å². The summed E-state index contributed by atoms with van der Waals surface area (Å²) < 4.78 is 31.1. The first-order chi connectivity index (χ1) is 6.50. The highest BCUT2D eigenvalue weighted by Gasteiger charge is 2.09. The average Bonchev–Trinajstić information content (AvgIpc) is 2.09. The molecule has 0 radical (unpaired) electrons. The van der Waals surface area contributed by atoms with Crippen molar-refractivity contribution in [3.8, 4) is 5.75 Å². The summed E-state index contributed by atoms with van der Waals surface area (Å²) in [5.74, 6) is -1.13. The molecule has 1 rings (SSSR count). The number of ether oxygens (including phenoxy) is 1. The van der Waals surface area contributed by atoms with Gasteiger partial charge in [-0.3, -0.25) is 0 Å². The maximum atomic E-state index is 13.1. The predicted octanol–water partition coefficient (Wildman–Crippen LogP) is 2.58. The first-order valence-electron chi connectivity index (χ1n) is 4.38. The number of benzene rings is 1. The molecule has 0 amide bonds. The molecule has 0 aromatic heterocycles. The second-order valence-corrected chi connectivity index (χ2v) is 3.51. The molecule has 78 valence electrons. The summed E-state index contributed by atoms with van der Waals surface area (Å²) in [4.78, 5) is 0. The van der Waals surface area contributed by atoms with Crippen LogP contribution in [0.2, 0.25) is 0 Å². The molecule has 0 aliphatic heterocycles. The Bertz CT molecular complexity index is 326. The van der Waals surface area contributed by atoms with Gasteiger partial charge in [0.1, 0.15) is 5.82 Å². The van der Waals surface area contributed by atoms with Crippen molar-refractivity contribution >= 4 is 5.69 Å². The molecule has 0 heterocycles. The van der Waals surface area contributed by atoms with E-state index in [-0.39, 0.29) is 17.4 Å². The molecular weight excluding hydrogens is 188 g/mol. The van der Waals surface area contributed by atoms with Crippen LogP contribution >= 0.6 is 0 Å². The van der Waals surface area contributed by atoms with Crippen LogP contribution in [0.5, 0.6) is 5.75 Å². The van der Waals surface area contributed by atoms with Gasteiger partial charge in [-0.2, -0.15) is 0 Å². The van der Waals surface area contributed by atoms with Crippen LogP contribution in [0.4, 0.5) is 14.5 Å². The van der Waals surface area contributed by atoms with Crippen LogP contribution in [0.3, 0.4) is 0 Å². The molecule has 1 aromatic rings. The SMILES string of the molecule is CC(C)COc1cc(F)c(N)cc1F. The van der Waals surface area contributed by atoms with E-state index in [0.717, 1.165) is 12.1 Å². The normalized spacial score (nSPS) is 10.6. The van der Waals surface area contributed by atoms with E-state index in [0.29, 0.717) is 6.61 Å². The van der Waals surface area contributed by atoms with Crippen molar-refractivity contribution in [1.82, 2.24) is 0 Å². The maximum absolute atomic E-state index is 13.1. The number of anilines is 1. The first kappa shape index (κ1) is 10.8. The van der Waals surface area contributed by atoms with Crippen LogP contribution in [0.25, 0.3) is 0 Å². The summed E-state index contributed by atoms with van der Waals surface area (Å²) in [6.07, 6.45) is 0. The number of hydrogen-bond donors (Lipinski definition) is 1. The Morgan fingerprint density at radius 2 is 1.93 bits per heavy atom. The Hall–Kier alpha value is -1.32. The summed E-state index contributed by atoms with van der Waals surface area (Å²) in [5.41, 5.74) is 4.97. The van der Waals surface area contributed by atoms with Gasteiger partial charge < -0.3 is 10.5 Å². The van der Waals surface area contributed by atoms with Crippen molar-refractivity contribution < 1.29 is 13.5 Å². The molecule has 2 nitrogen and oxygen atoms in total. The number of halogens is 2. The van der Waals surface area contributed by atoms with E-state index in [2.05, 4.69) is 0 Å². The van der Waals surface area contributed by atoms with Gasteiger partial charge in [-0.15, -0.1) is 0 Å². The van der Waals surface area contributed by atoms with E-state index in [9.17, 15) is 8.78 Å². The van der Waals surface area contributed by atoms with Crippen LogP contribution in [0.15, 0.2) is 12.1 Å². The molecule has 14 heavy (non-hydrogen) atoms. The second kappa shape index (κ2) is 4.26. The third-order valence-electron chi connectivity index (χ3n) is 1.62. The van der Waals surface area contributed by atoms with Gasteiger partial charge in [-0.1, -0.05) is 13.8 Å². The van der Waals surface area contributed by atoms with Crippen molar-refractivity contribution in [2.45, 2.75) is 13.8 Å². The lowest BCUT2D eigenvalue weighted by Crippen LogP contribution is -2.06. The Labute approximate surface area is 81.7 Å². The largest absolute Gasteiger partial charge is 0.490 e. The van der Waals surface area contributed by atoms with Crippen LogP contribution in [-0.4, -0.2) is 6.61 Å². The van der Waals surface area contributed by atoms with E-state index in [1.807, 2.05) is 13.8 Å². The Morgan fingerprint density at radius 3 is 2.50 bits per heavy atom. The number of rotatable bonds is 3. The lowest BCUT2D eigenvalue weighted by atomic mass is 10.2. The molecular formula is C10H13F2NO. The van der Waals surface area contributed by atoms with Gasteiger partial charge in [0.25, 0.3) is 0 Å². The van der Waals surface area contributed by atoms with Crippen LogP contribution in [-0.2, 0) is 0 Å². The lowest BCUT2D eigenvalue weighted by Gasteiger charge is -2.10. The fourth-order valence-corrected chi connectivity index (χ4v) is 0.911. The van der Waals surface area contributed by atoms with E-state index in [4.69, 9.17) is 10.5 Å². The van der Waals surface area contributed by atoms with E-state index in [1.54, 1.807) is 0 Å². The molecule has 0 bridgehead atoms. The maximum Gasteiger partial charge on any atom is 0.167 e. The molecule has 0 spiro atoms. The summed E-state index contributed by atoms with van der Waals surface area (Å²) in [6.45, 7) is 4.19. The Balaban J connectivity index is 2.82. The topological polar surface area (TPSA) is 35.2 Å². The number of nitrogens with two attached hydrogens (primary N) is 1. The molecule has 0 fully saturated rings. The molecule has 0 atom stereocenters. The molecule has 0 saturated carbocycles. The van der Waals surface area contributed by atoms with Gasteiger partial charge in [-0.05, 0) is 5.92 Å². The van der Waals surface area contributed by atoms with E-state index in [1.165, 1.54) is 0 Å². The van der Waals surface area contributed by atoms with Crippen LogP contribution < -0.4 is 10.5 Å². The van der Waals surface area contributed by atoms with Crippen LogP contribution in [0.1, 0.15) is 13.8 Å². The molecule has 0 saturated heterocycles. The third-order valence-corrected chi connectivity index (χ3v) is 1.62. The lowest BCUT2D eigenvalue weighted by molar-refractivity contribution is 0.258. The summed E-state index contributed by atoms with van der Waals surface area (Å²) in [5, 5.41) is 0. The van der Waals surface area contributed by atoms with Gasteiger partial charge in [0.05, 0.1) is 12.3 Å². The third kappa shape index (κ3) is 2.58. The highest BCUT2D eigenvalue weighted by molar-refractivity contribution is 5.44. The molecule has 0 aliphatic rings. The zero-order valence-electron chi connectivity index (χ0n) is 8.18. The highest BCUT2D eigenvalue weighted by Crippen LogP contribution is 2.23. The minimum Gasteiger partial charge on any atom is -0.490 e. The first-order valence-corrected chi connectivity index (χ1v) is 4.38. The highest BCUT2D eigenvalue weighted by atomic mass is 19.1. The van der Waals surface area contributed by atoms with Crippen LogP contribution in [0, 0.1) is 17.6 Å². The predicted molar refractivity (Wildman–Crippen MR) is 51.1 cm³/mol. The fourth-order valence-electron chi connectivity index (χ4n) is 0.911. The quantitative estimate of drug-likeness (QED) is 0.763. The second-order valence-electron chi connectivity index (χ2n) is 3.51. The van der Waals surface area contributed by atoms with Gasteiger partial charge in [0, 0.05) is 12.1 Å². The van der Waals surface area contributed by atoms with Gasteiger partial charge in [0.2, 0.25) is 0 Å². The van der Waals surface area contributed by atoms with Crippen molar-refractivity contribution in [3.05, 3.63) is 23.8 Å². The smallest absolute Gasteiger partial charge is 0.167 e. The summed E-state index contributed by atoms with van der Waals surface area (Å²) >= 11 is 0. The monoisotopic (exact) mass is 201 g/mol. The molecule has 1 aromatic carbocycles. The Morgan fingerprint density at radius 1 is 1.29 bits per heavy atom. The van der Waals surface area contributed by atoms with Crippen molar-refractivity contribution in [2.24, 2.45) is 5.92 Å². The van der Waals surface area contributed by atoms with Crippen molar-refractivity contribution in [2.75, 3.05) is 12.3 Å². The zero-order valence-corrected chi connectivity index (χ0v) is 8.18. The Kier molecular flexibility index (Phi) is 3.28. The minimum absolute atomic E-state index is 0.0922. The summed E-state index contributed by atoms with van der Waals surface area (Å²) in [7, 11) is 0. The molecule has 4 heteroatoms. The average molecular weight is 201 g/mol. The number of hydrogen-bond acceptors (Lipinski definition) is 2. The molecule has 2 N–H and O–H groups in total. The van der Waals surface area contributed by atoms with Crippen molar-refractivity contribution in [1.29, 1.82) is 0 Å². The minimum atomic E-state index is -0.662. The molecule has 0 aliphatic carbocycles. The number of nitrogen functional groups attached to an aromatic ring is 1. The zero-order chi connectivity index (χ0) is 10.7. The molecule has 0 unspecified atom stereocenters. The van der Waals surface area contributed by atoms with E-state index >= 15 is 0 Å². The van der Waals surface area contributed by atoms with Crippen molar-refractivity contribution in [3.63, 3.8) is 0 Å². The van der Waals surface area contributed by atoms with Gasteiger partial charge in [-0.25, -0.2) is 8.78 Å². The van der Waals surface area contributed by atoms with Gasteiger partial charge in [0.15, 0.2) is 11.6 Å².